The van der Waals surface area contributed by atoms with Gasteiger partial charge in [0.05, 0.1) is 25.5 Å². The Morgan fingerprint density at radius 3 is 2.65 bits per heavy atom. The minimum Gasteiger partial charge on any atom is -0.466 e. The number of carbonyl (C=O) groups is 2. The highest BCUT2D eigenvalue weighted by Crippen LogP contribution is 2.42. The molecular weight excluding hydrogens is 738 g/mol. The maximum absolute atomic E-state index is 13.5. The smallest absolute Gasteiger partial charge is 0.305 e. The topological polar surface area (TPSA) is 133 Å². The van der Waals surface area contributed by atoms with Crippen molar-refractivity contribution in [3.05, 3.63) is 128 Å². The van der Waals surface area contributed by atoms with Crippen molar-refractivity contribution in [2.45, 2.75) is 65.6 Å². The average Bonchev–Trinajstić information content (AvgIpc) is 3.74. The zero-order chi connectivity index (χ0) is 38.3. The normalized spacial score (nSPS) is 15.1. The molecule has 284 valence electrons. The summed E-state index contributed by atoms with van der Waals surface area (Å²) in [7, 11) is 0. The van der Waals surface area contributed by atoms with Gasteiger partial charge in [0.25, 0.3) is 0 Å². The summed E-state index contributed by atoms with van der Waals surface area (Å²) in [6.45, 7) is 7.82. The summed E-state index contributed by atoms with van der Waals surface area (Å²) in [6.07, 6.45) is 5.81. The fourth-order valence-corrected chi connectivity index (χ4v) is 8.38. The first kappa shape index (κ1) is 38.1. The Balaban J connectivity index is 0.990. The molecule has 0 aliphatic carbocycles. The summed E-state index contributed by atoms with van der Waals surface area (Å²) < 4.78 is 13.0. The van der Waals surface area contributed by atoms with Gasteiger partial charge in [0, 0.05) is 57.5 Å². The predicted molar refractivity (Wildman–Crippen MR) is 211 cm³/mol. The Morgan fingerprint density at radius 1 is 1.04 bits per heavy atom. The number of halogens is 1. The molecule has 1 unspecified atom stereocenters. The maximum atomic E-state index is 13.5. The van der Waals surface area contributed by atoms with Crippen LogP contribution < -0.4 is 0 Å². The van der Waals surface area contributed by atoms with Crippen molar-refractivity contribution >= 4 is 46.2 Å². The summed E-state index contributed by atoms with van der Waals surface area (Å²) in [4.78, 5) is 43.1. The van der Waals surface area contributed by atoms with Gasteiger partial charge in [0.15, 0.2) is 5.82 Å². The van der Waals surface area contributed by atoms with E-state index in [4.69, 9.17) is 30.9 Å². The van der Waals surface area contributed by atoms with E-state index in [1.54, 1.807) is 30.7 Å². The SMILES string of the molecule is CCOC(=O)CCCCO/N=C(\c1ccc(COCC(=O)N2CCc3c(sc4c3C(c3ccccc3Cl)=NC(C)c3nnc(C)n3-4)C2)cc1)c1cccnc1. The first-order chi connectivity index (χ1) is 26.8. The standard InChI is InChI=1S/C41H42ClN7O5S/c1-4-53-36(51)13-7-8-21-54-47-38(30-10-9-19-43-22-30)29-16-14-28(15-17-29)24-52-25-35(50)48-20-18-32-34(23-48)55-41-37(32)39(31-11-5-6-12-33(31)42)44-26(2)40-46-45-27(3)49(40)41/h5-6,9-12,14-17,19,22,26H,4,7-8,13,18,20-21,23-25H2,1-3H3/b47-38+. The van der Waals surface area contributed by atoms with Crippen molar-refractivity contribution in [3.63, 3.8) is 0 Å². The number of ether oxygens (including phenoxy) is 2. The molecule has 1 amide bonds. The minimum absolute atomic E-state index is 0.0346. The third-order valence-electron chi connectivity index (χ3n) is 9.49. The highest BCUT2D eigenvalue weighted by Gasteiger charge is 2.34. The lowest BCUT2D eigenvalue weighted by molar-refractivity contribution is -0.143. The van der Waals surface area contributed by atoms with E-state index < -0.39 is 0 Å². The third kappa shape index (κ3) is 8.54. The van der Waals surface area contributed by atoms with Crippen LogP contribution in [0.15, 0.2) is 83.2 Å². The van der Waals surface area contributed by atoms with Crippen LogP contribution in [0.2, 0.25) is 5.02 Å². The second-order valence-electron chi connectivity index (χ2n) is 13.3. The van der Waals surface area contributed by atoms with Gasteiger partial charge < -0.3 is 19.2 Å². The molecule has 5 aromatic rings. The third-order valence-corrected chi connectivity index (χ3v) is 11.0. The second kappa shape index (κ2) is 17.5. The number of rotatable bonds is 14. The number of carbonyl (C=O) groups excluding carboxylic acids is 2. The van der Waals surface area contributed by atoms with Crippen LogP contribution in [0.4, 0.5) is 0 Å². The molecule has 0 fully saturated rings. The van der Waals surface area contributed by atoms with Gasteiger partial charge in [-0.3, -0.25) is 24.1 Å². The number of pyridine rings is 1. The zero-order valence-corrected chi connectivity index (χ0v) is 32.6. The van der Waals surface area contributed by atoms with E-state index in [0.29, 0.717) is 62.7 Å². The van der Waals surface area contributed by atoms with Gasteiger partial charge in [-0.05, 0) is 69.4 Å². The van der Waals surface area contributed by atoms with Crippen LogP contribution in [-0.2, 0) is 43.5 Å². The fraction of sp³-hybridized carbons (Fsp3) is 0.341. The summed E-state index contributed by atoms with van der Waals surface area (Å²) in [5, 5.41) is 14.9. The zero-order valence-electron chi connectivity index (χ0n) is 31.0. The molecule has 0 radical (unpaired) electrons. The van der Waals surface area contributed by atoms with Crippen molar-refractivity contribution in [3.8, 4) is 5.00 Å². The van der Waals surface area contributed by atoms with Crippen molar-refractivity contribution < 1.29 is 23.9 Å². The van der Waals surface area contributed by atoms with Gasteiger partial charge >= 0.3 is 5.97 Å². The summed E-state index contributed by atoms with van der Waals surface area (Å²) in [5.41, 5.74) is 7.19. The van der Waals surface area contributed by atoms with Crippen molar-refractivity contribution in [1.29, 1.82) is 0 Å². The molecule has 7 rings (SSSR count). The number of fused-ring (bicyclic) bond motifs is 5. The van der Waals surface area contributed by atoms with Crippen LogP contribution in [-0.4, -0.2) is 74.3 Å². The first-order valence-corrected chi connectivity index (χ1v) is 19.6. The van der Waals surface area contributed by atoms with Gasteiger partial charge in [0.1, 0.15) is 35.8 Å². The molecule has 1 atom stereocenters. The second-order valence-corrected chi connectivity index (χ2v) is 14.8. The largest absolute Gasteiger partial charge is 0.466 e. The number of benzene rings is 2. The number of hydrogen-bond acceptors (Lipinski definition) is 11. The first-order valence-electron chi connectivity index (χ1n) is 18.4. The quantitative estimate of drug-likeness (QED) is 0.0500. The Kier molecular flexibility index (Phi) is 12.1. The summed E-state index contributed by atoms with van der Waals surface area (Å²) >= 11 is 8.40. The van der Waals surface area contributed by atoms with Crippen molar-refractivity contribution in [1.82, 2.24) is 24.6 Å². The lowest BCUT2D eigenvalue weighted by Gasteiger charge is -2.27. The molecule has 2 aromatic carbocycles. The van der Waals surface area contributed by atoms with Gasteiger partial charge in [-0.15, -0.1) is 21.5 Å². The highest BCUT2D eigenvalue weighted by atomic mass is 35.5. The van der Waals surface area contributed by atoms with Gasteiger partial charge in [0.2, 0.25) is 5.91 Å². The van der Waals surface area contributed by atoms with Gasteiger partial charge in [-0.2, -0.15) is 0 Å². The molecule has 0 N–H and O–H groups in total. The van der Waals surface area contributed by atoms with E-state index in [9.17, 15) is 9.59 Å². The van der Waals surface area contributed by atoms with Crippen LogP contribution >= 0.6 is 22.9 Å². The minimum atomic E-state index is -0.214. The van der Waals surface area contributed by atoms with Gasteiger partial charge in [-0.1, -0.05) is 59.2 Å². The fourth-order valence-electron chi connectivity index (χ4n) is 6.74. The van der Waals surface area contributed by atoms with Gasteiger partial charge in [-0.25, -0.2) is 0 Å². The van der Waals surface area contributed by atoms with Crippen molar-refractivity contribution in [2.75, 3.05) is 26.4 Å². The van der Waals surface area contributed by atoms with Crippen LogP contribution in [0, 0.1) is 6.92 Å². The molecular formula is C41H42ClN7O5S. The van der Waals surface area contributed by atoms with Crippen molar-refractivity contribution in [2.24, 2.45) is 10.1 Å². The van der Waals surface area contributed by atoms with E-state index in [1.165, 1.54) is 5.56 Å². The lowest BCUT2D eigenvalue weighted by atomic mass is 9.95. The summed E-state index contributed by atoms with van der Waals surface area (Å²) in [6, 6.07) is 19.2. The van der Waals surface area contributed by atoms with E-state index in [0.717, 1.165) is 55.1 Å². The number of amides is 1. The number of oxime groups is 1. The molecule has 0 spiro atoms. The maximum Gasteiger partial charge on any atom is 0.305 e. The Labute approximate surface area is 328 Å². The van der Waals surface area contributed by atoms with Crippen LogP contribution in [0.3, 0.4) is 0 Å². The van der Waals surface area contributed by atoms with E-state index >= 15 is 0 Å². The number of esters is 1. The molecule has 5 heterocycles. The molecule has 3 aromatic heterocycles. The molecule has 12 nitrogen and oxygen atoms in total. The lowest BCUT2D eigenvalue weighted by Crippen LogP contribution is -2.38. The molecule has 0 saturated heterocycles. The van der Waals surface area contributed by atoms with Crippen LogP contribution in [0.1, 0.15) is 89.1 Å². The Hall–Kier alpha value is -5.24. The number of hydrogen-bond donors (Lipinski definition) is 0. The number of nitrogens with zero attached hydrogens (tertiary/aromatic N) is 7. The van der Waals surface area contributed by atoms with Crippen LogP contribution in [0.25, 0.3) is 5.00 Å². The summed E-state index contributed by atoms with van der Waals surface area (Å²) in [5.74, 6) is 1.30. The molecule has 14 heteroatoms. The number of unbranched alkanes of at least 4 members (excludes halogenated alkanes) is 1. The monoisotopic (exact) mass is 779 g/mol. The number of thiophene rings is 1. The predicted octanol–water partition coefficient (Wildman–Crippen LogP) is 7.20. The number of aliphatic imine (C=N–C) groups is 1. The Bertz CT molecular complexity index is 2220. The number of aryl methyl sites for hydroxylation is 1. The number of aromatic nitrogens is 4. The van der Waals surface area contributed by atoms with E-state index in [-0.39, 0.29) is 31.1 Å². The molecule has 0 bridgehead atoms. The average molecular weight is 780 g/mol. The highest BCUT2D eigenvalue weighted by molar-refractivity contribution is 7.15. The Morgan fingerprint density at radius 2 is 1.87 bits per heavy atom. The molecule has 0 saturated carbocycles. The van der Waals surface area contributed by atoms with E-state index in [1.807, 2.05) is 79.4 Å². The van der Waals surface area contributed by atoms with E-state index in [2.05, 4.69) is 24.9 Å². The molecule has 55 heavy (non-hydrogen) atoms. The molecule has 2 aliphatic rings. The molecule has 2 aliphatic heterocycles. The van der Waals surface area contributed by atoms with Crippen LogP contribution in [0.5, 0.6) is 0 Å².